The Kier molecular flexibility index (Phi) is 6.73. The molecule has 3 rings (SSSR count). The molecule has 1 atom stereocenters. The first-order chi connectivity index (χ1) is 13.9. The Morgan fingerprint density at radius 3 is 2.38 bits per heavy atom. The van der Waals surface area contributed by atoms with Crippen LogP contribution in [0.15, 0.2) is 71.1 Å². The van der Waals surface area contributed by atoms with Crippen molar-refractivity contribution in [1.29, 1.82) is 0 Å². The zero-order chi connectivity index (χ0) is 20.8. The highest BCUT2D eigenvalue weighted by Crippen LogP contribution is 2.21. The van der Waals surface area contributed by atoms with Crippen LogP contribution in [-0.2, 0) is 11.3 Å². The third kappa shape index (κ3) is 5.48. The van der Waals surface area contributed by atoms with Gasteiger partial charge in [-0.2, -0.15) is 0 Å². The van der Waals surface area contributed by atoms with Crippen LogP contribution in [0.25, 0.3) is 0 Å². The molecule has 0 saturated carbocycles. The number of benzene rings is 2. The summed E-state index contributed by atoms with van der Waals surface area (Å²) in [7, 11) is 1.72. The van der Waals surface area contributed by atoms with Crippen LogP contribution in [0.5, 0.6) is 0 Å². The molecule has 2 amide bonds. The number of hydrogen-bond acceptors (Lipinski definition) is 3. The minimum atomic E-state index is -0.478. The fourth-order valence-electron chi connectivity index (χ4n) is 3.04. The van der Waals surface area contributed by atoms with Crippen LogP contribution in [0.4, 0.5) is 0 Å². The largest absolute Gasteiger partial charge is 0.464 e. The molecule has 1 heterocycles. The summed E-state index contributed by atoms with van der Waals surface area (Å²) in [6.07, 6.45) is 0.121. The maximum absolute atomic E-state index is 12.8. The highest BCUT2D eigenvalue weighted by molar-refractivity contribution is 6.33. The predicted octanol–water partition coefficient (Wildman–Crippen LogP) is 4.76. The molecule has 0 aliphatic carbocycles. The summed E-state index contributed by atoms with van der Waals surface area (Å²) in [5.74, 6) is 1.10. The minimum absolute atomic E-state index is 0.104. The second-order valence-electron chi connectivity index (χ2n) is 6.88. The van der Waals surface area contributed by atoms with Crippen LogP contribution in [0, 0.1) is 6.92 Å². The molecule has 0 unspecified atom stereocenters. The van der Waals surface area contributed by atoms with E-state index in [1.165, 1.54) is 0 Å². The van der Waals surface area contributed by atoms with E-state index in [4.69, 9.17) is 16.0 Å². The van der Waals surface area contributed by atoms with E-state index in [1.54, 1.807) is 36.2 Å². The van der Waals surface area contributed by atoms with Crippen molar-refractivity contribution in [3.8, 4) is 0 Å². The van der Waals surface area contributed by atoms with Gasteiger partial charge in [-0.1, -0.05) is 54.1 Å². The standard InChI is InChI=1S/C23H23ClN2O3/c1-16-12-13-18(29-16)15-26(2)22(27)14-21(17-8-4-3-5-9-17)25-23(28)19-10-6-7-11-20(19)24/h3-13,21H,14-15H2,1-2H3,(H,25,28)/t21-/m0/s1. The lowest BCUT2D eigenvalue weighted by Crippen LogP contribution is -2.34. The van der Waals surface area contributed by atoms with Crippen molar-refractivity contribution >= 4 is 23.4 Å². The van der Waals surface area contributed by atoms with Gasteiger partial charge in [-0.05, 0) is 36.8 Å². The molecule has 0 bridgehead atoms. The Bertz CT molecular complexity index is 985. The molecule has 1 aromatic heterocycles. The van der Waals surface area contributed by atoms with E-state index in [9.17, 15) is 9.59 Å². The van der Waals surface area contributed by atoms with Crippen molar-refractivity contribution in [2.24, 2.45) is 0 Å². The summed E-state index contributed by atoms with van der Waals surface area (Å²) in [5, 5.41) is 3.32. The lowest BCUT2D eigenvalue weighted by Gasteiger charge is -2.23. The normalized spacial score (nSPS) is 11.7. The summed E-state index contributed by atoms with van der Waals surface area (Å²) in [6.45, 7) is 2.23. The molecule has 5 nitrogen and oxygen atoms in total. The molecule has 1 N–H and O–H groups in total. The van der Waals surface area contributed by atoms with Gasteiger partial charge >= 0.3 is 0 Å². The number of nitrogens with one attached hydrogen (secondary N) is 1. The maximum atomic E-state index is 12.8. The number of halogens is 1. The Labute approximate surface area is 175 Å². The van der Waals surface area contributed by atoms with Gasteiger partial charge in [-0.25, -0.2) is 0 Å². The fraction of sp³-hybridized carbons (Fsp3) is 0.217. The summed E-state index contributed by atoms with van der Waals surface area (Å²) < 4.78 is 5.55. The van der Waals surface area contributed by atoms with E-state index >= 15 is 0 Å². The average Bonchev–Trinajstić information content (AvgIpc) is 3.12. The fourth-order valence-corrected chi connectivity index (χ4v) is 3.26. The van der Waals surface area contributed by atoms with Crippen LogP contribution >= 0.6 is 11.6 Å². The zero-order valence-electron chi connectivity index (χ0n) is 16.4. The molecule has 0 radical (unpaired) electrons. The van der Waals surface area contributed by atoms with Gasteiger partial charge in [-0.3, -0.25) is 9.59 Å². The summed E-state index contributed by atoms with van der Waals surface area (Å²) in [6, 6.07) is 19.5. The van der Waals surface area contributed by atoms with E-state index in [0.29, 0.717) is 17.1 Å². The molecular formula is C23H23ClN2O3. The van der Waals surface area contributed by atoms with E-state index < -0.39 is 6.04 Å². The van der Waals surface area contributed by atoms with Crippen LogP contribution < -0.4 is 5.32 Å². The van der Waals surface area contributed by atoms with Crippen molar-refractivity contribution in [2.75, 3.05) is 7.05 Å². The third-order valence-electron chi connectivity index (χ3n) is 4.62. The first-order valence-corrected chi connectivity index (χ1v) is 9.71. The summed E-state index contributed by atoms with van der Waals surface area (Å²) in [5.41, 5.74) is 1.23. The lowest BCUT2D eigenvalue weighted by atomic mass is 10.0. The number of furan rings is 1. The molecule has 0 fully saturated rings. The van der Waals surface area contributed by atoms with Gasteiger partial charge in [0.1, 0.15) is 11.5 Å². The van der Waals surface area contributed by atoms with Crippen LogP contribution in [-0.4, -0.2) is 23.8 Å². The monoisotopic (exact) mass is 410 g/mol. The number of aryl methyl sites for hydroxylation is 1. The van der Waals surface area contributed by atoms with Crippen molar-refractivity contribution < 1.29 is 14.0 Å². The van der Waals surface area contributed by atoms with Gasteiger partial charge < -0.3 is 14.6 Å². The number of carbonyl (C=O) groups excluding carboxylic acids is 2. The Balaban J connectivity index is 1.74. The smallest absolute Gasteiger partial charge is 0.253 e. The van der Waals surface area contributed by atoms with Crippen LogP contribution in [0.2, 0.25) is 5.02 Å². The Morgan fingerprint density at radius 2 is 1.72 bits per heavy atom. The zero-order valence-corrected chi connectivity index (χ0v) is 17.1. The van der Waals surface area contributed by atoms with Crippen LogP contribution in [0.3, 0.4) is 0 Å². The van der Waals surface area contributed by atoms with Gasteiger partial charge in [0.05, 0.1) is 29.6 Å². The van der Waals surface area contributed by atoms with E-state index in [0.717, 1.165) is 17.1 Å². The van der Waals surface area contributed by atoms with Gasteiger partial charge in [0.2, 0.25) is 5.91 Å². The van der Waals surface area contributed by atoms with E-state index in [-0.39, 0.29) is 18.2 Å². The molecule has 6 heteroatoms. The maximum Gasteiger partial charge on any atom is 0.253 e. The van der Waals surface area contributed by atoms with Gasteiger partial charge in [0.25, 0.3) is 5.91 Å². The van der Waals surface area contributed by atoms with Gasteiger partial charge in [-0.15, -0.1) is 0 Å². The molecule has 0 aliphatic heterocycles. The van der Waals surface area contributed by atoms with Crippen molar-refractivity contribution in [1.82, 2.24) is 10.2 Å². The molecule has 0 aliphatic rings. The molecule has 0 spiro atoms. The third-order valence-corrected chi connectivity index (χ3v) is 4.95. The predicted molar refractivity (Wildman–Crippen MR) is 113 cm³/mol. The van der Waals surface area contributed by atoms with E-state index in [2.05, 4.69) is 5.32 Å². The summed E-state index contributed by atoms with van der Waals surface area (Å²) in [4.78, 5) is 27.2. The first-order valence-electron chi connectivity index (χ1n) is 9.33. The molecule has 3 aromatic rings. The minimum Gasteiger partial charge on any atom is -0.464 e. The van der Waals surface area contributed by atoms with Gasteiger partial charge in [0, 0.05) is 7.05 Å². The second-order valence-corrected chi connectivity index (χ2v) is 7.29. The highest BCUT2D eigenvalue weighted by Gasteiger charge is 2.22. The Morgan fingerprint density at radius 1 is 1.03 bits per heavy atom. The van der Waals surface area contributed by atoms with Crippen molar-refractivity contribution in [3.63, 3.8) is 0 Å². The highest BCUT2D eigenvalue weighted by atomic mass is 35.5. The second kappa shape index (κ2) is 9.43. The summed E-state index contributed by atoms with van der Waals surface area (Å²) >= 11 is 6.15. The van der Waals surface area contributed by atoms with Crippen molar-refractivity contribution in [3.05, 3.63) is 94.4 Å². The molecule has 2 aromatic carbocycles. The molecule has 0 saturated heterocycles. The number of amides is 2. The van der Waals surface area contributed by atoms with Crippen molar-refractivity contribution in [2.45, 2.75) is 25.9 Å². The number of carbonyl (C=O) groups is 2. The molecular weight excluding hydrogens is 388 g/mol. The van der Waals surface area contributed by atoms with Crippen LogP contribution in [0.1, 0.15) is 39.9 Å². The SMILES string of the molecule is Cc1ccc(CN(C)C(=O)C[C@H](NC(=O)c2ccccc2Cl)c2ccccc2)o1. The number of nitrogens with zero attached hydrogens (tertiary/aromatic N) is 1. The molecule has 29 heavy (non-hydrogen) atoms. The van der Waals surface area contributed by atoms with Gasteiger partial charge in [0.15, 0.2) is 0 Å². The molecule has 150 valence electrons. The average molecular weight is 411 g/mol. The number of rotatable bonds is 7. The first kappa shape index (κ1) is 20.7. The topological polar surface area (TPSA) is 62.6 Å². The number of hydrogen-bond donors (Lipinski definition) is 1. The Hall–Kier alpha value is -3.05. The van der Waals surface area contributed by atoms with E-state index in [1.807, 2.05) is 49.4 Å². The quantitative estimate of drug-likeness (QED) is 0.610. The lowest BCUT2D eigenvalue weighted by molar-refractivity contribution is -0.131.